The van der Waals surface area contributed by atoms with Gasteiger partial charge in [-0.05, 0) is 24.3 Å². The third kappa shape index (κ3) is 4.16. The minimum atomic E-state index is -5.11. The van der Waals surface area contributed by atoms with Crippen LogP contribution in [0.3, 0.4) is 0 Å². The van der Waals surface area contributed by atoms with Gasteiger partial charge >= 0.3 is 6.18 Å². The smallest absolute Gasteiger partial charge is 0.374 e. The first-order valence-electron chi connectivity index (χ1n) is 9.12. The van der Waals surface area contributed by atoms with Crippen LogP contribution in [-0.4, -0.2) is 68.6 Å². The molecule has 0 aliphatic carbocycles. The van der Waals surface area contributed by atoms with Crippen molar-refractivity contribution in [2.24, 2.45) is 7.05 Å². The minimum Gasteiger partial charge on any atom is -0.374 e. The number of hydrogen-bond donors (Lipinski definition) is 1. The van der Waals surface area contributed by atoms with Gasteiger partial charge in [-0.3, -0.25) is 9.59 Å². The fourth-order valence-electron chi connectivity index (χ4n) is 3.33. The summed E-state index contributed by atoms with van der Waals surface area (Å²) in [5.41, 5.74) is -3.15. The maximum absolute atomic E-state index is 13.6. The van der Waals surface area contributed by atoms with Gasteiger partial charge < -0.3 is 19.5 Å². The van der Waals surface area contributed by atoms with Gasteiger partial charge in [0.05, 0.1) is 6.42 Å². The second kappa shape index (κ2) is 8.05. The molecule has 30 heavy (non-hydrogen) atoms. The van der Waals surface area contributed by atoms with Crippen LogP contribution in [0.15, 0.2) is 36.7 Å². The molecule has 162 valence electrons. The van der Waals surface area contributed by atoms with E-state index in [0.717, 1.165) is 22.9 Å². The summed E-state index contributed by atoms with van der Waals surface area (Å²) in [5, 5.41) is 10.4. The van der Waals surface area contributed by atoms with Crippen LogP contribution in [0, 0.1) is 5.82 Å². The molecule has 0 saturated carbocycles. The second-order valence-electron chi connectivity index (χ2n) is 7.08. The molecular weight excluding hydrogens is 408 g/mol. The number of hydrogen-bond acceptors (Lipinski definition) is 4. The van der Waals surface area contributed by atoms with Gasteiger partial charge in [-0.15, -0.1) is 0 Å². The summed E-state index contributed by atoms with van der Waals surface area (Å²) in [5.74, 6) is -2.41. The van der Waals surface area contributed by atoms with Crippen LogP contribution in [0.4, 0.5) is 17.6 Å². The van der Waals surface area contributed by atoms with Crippen LogP contribution in [0.5, 0.6) is 0 Å². The molecule has 1 aromatic carbocycles. The Morgan fingerprint density at radius 1 is 1.07 bits per heavy atom. The first-order valence-corrected chi connectivity index (χ1v) is 9.12. The molecule has 0 spiro atoms. The minimum absolute atomic E-state index is 0.0142. The molecule has 7 nitrogen and oxygen atoms in total. The van der Waals surface area contributed by atoms with Crippen molar-refractivity contribution in [1.29, 1.82) is 0 Å². The zero-order valence-electron chi connectivity index (χ0n) is 16.1. The Morgan fingerprint density at radius 3 is 2.13 bits per heavy atom. The molecule has 2 aromatic rings. The standard InChI is InChI=1S/C19H20F4N4O3/c1-25-7-6-24-17(25)18(30,19(21,22)23)12-15(28)26-8-10-27(11-9-26)16(29)13-2-4-14(20)5-3-13/h2-7,30H,8-12H2,1H3. The van der Waals surface area contributed by atoms with Crippen molar-refractivity contribution in [3.63, 3.8) is 0 Å². The van der Waals surface area contributed by atoms with Gasteiger partial charge in [0.1, 0.15) is 5.82 Å². The Morgan fingerprint density at radius 2 is 1.63 bits per heavy atom. The van der Waals surface area contributed by atoms with Gasteiger partial charge in [0.2, 0.25) is 11.5 Å². The van der Waals surface area contributed by atoms with E-state index in [0.29, 0.717) is 0 Å². The number of carbonyl (C=O) groups excluding carboxylic acids is 2. The lowest BCUT2D eigenvalue weighted by atomic mass is 9.96. The molecule has 1 atom stereocenters. The lowest BCUT2D eigenvalue weighted by molar-refractivity contribution is -0.272. The Balaban J connectivity index is 1.66. The molecular formula is C19H20F4N4O3. The summed E-state index contributed by atoms with van der Waals surface area (Å²) in [6.45, 7) is 0.240. The highest BCUT2D eigenvalue weighted by molar-refractivity contribution is 5.94. The van der Waals surface area contributed by atoms with Gasteiger partial charge in [-0.2, -0.15) is 13.2 Å². The van der Waals surface area contributed by atoms with Gasteiger partial charge in [0.25, 0.3) is 5.91 Å². The predicted molar refractivity (Wildman–Crippen MR) is 96.7 cm³/mol. The van der Waals surface area contributed by atoms with E-state index in [-0.39, 0.29) is 37.6 Å². The van der Waals surface area contributed by atoms with E-state index in [1.807, 2.05) is 0 Å². The van der Waals surface area contributed by atoms with Crippen molar-refractivity contribution in [2.75, 3.05) is 26.2 Å². The van der Waals surface area contributed by atoms with Crippen LogP contribution < -0.4 is 0 Å². The van der Waals surface area contributed by atoms with E-state index < -0.39 is 35.7 Å². The van der Waals surface area contributed by atoms with Crippen molar-refractivity contribution in [2.45, 2.75) is 18.2 Å². The number of aromatic nitrogens is 2. The second-order valence-corrected chi connectivity index (χ2v) is 7.08. The summed E-state index contributed by atoms with van der Waals surface area (Å²) < 4.78 is 54.8. The first-order chi connectivity index (χ1) is 14.0. The highest BCUT2D eigenvalue weighted by atomic mass is 19.4. The fourth-order valence-corrected chi connectivity index (χ4v) is 3.33. The SMILES string of the molecule is Cn1ccnc1C(O)(CC(=O)N1CCN(C(=O)c2ccc(F)cc2)CC1)C(F)(F)F. The van der Waals surface area contributed by atoms with E-state index in [1.165, 1.54) is 35.2 Å². The average molecular weight is 428 g/mol. The Kier molecular flexibility index (Phi) is 5.84. The number of aryl methyl sites for hydroxylation is 1. The third-order valence-corrected chi connectivity index (χ3v) is 5.08. The lowest BCUT2D eigenvalue weighted by Crippen LogP contribution is -2.53. The number of imidazole rings is 1. The van der Waals surface area contributed by atoms with Gasteiger partial charge in [-0.1, -0.05) is 0 Å². The summed E-state index contributed by atoms with van der Waals surface area (Å²) in [7, 11) is 1.29. The van der Waals surface area contributed by atoms with Gasteiger partial charge in [0, 0.05) is 51.2 Å². The normalized spacial score (nSPS) is 17.0. The Labute approximate surface area is 169 Å². The number of aliphatic hydroxyl groups is 1. The van der Waals surface area contributed by atoms with Crippen molar-refractivity contribution in [3.05, 3.63) is 53.9 Å². The molecule has 3 rings (SSSR count). The monoisotopic (exact) mass is 428 g/mol. The molecule has 1 fully saturated rings. The zero-order valence-corrected chi connectivity index (χ0v) is 16.1. The average Bonchev–Trinajstić information content (AvgIpc) is 3.13. The number of halogens is 4. The van der Waals surface area contributed by atoms with Crippen molar-refractivity contribution < 1.29 is 32.3 Å². The number of benzene rings is 1. The molecule has 1 aliphatic rings. The maximum Gasteiger partial charge on any atom is 0.425 e. The summed E-state index contributed by atoms with van der Waals surface area (Å²) in [6, 6.07) is 4.99. The molecule has 1 saturated heterocycles. The molecule has 11 heteroatoms. The number of rotatable bonds is 4. The topological polar surface area (TPSA) is 78.7 Å². The Hall–Kier alpha value is -2.95. The van der Waals surface area contributed by atoms with Crippen molar-refractivity contribution >= 4 is 11.8 Å². The highest BCUT2D eigenvalue weighted by Gasteiger charge is 2.59. The molecule has 2 amide bonds. The van der Waals surface area contributed by atoms with Crippen LogP contribution in [0.25, 0.3) is 0 Å². The zero-order chi connectivity index (χ0) is 22.1. The predicted octanol–water partition coefficient (Wildman–Crippen LogP) is 1.68. The molecule has 1 N–H and O–H groups in total. The molecule has 1 unspecified atom stereocenters. The first kappa shape index (κ1) is 21.8. The van der Waals surface area contributed by atoms with Gasteiger partial charge in [-0.25, -0.2) is 9.37 Å². The van der Waals surface area contributed by atoms with Crippen LogP contribution in [0.1, 0.15) is 22.6 Å². The largest absolute Gasteiger partial charge is 0.425 e. The number of carbonyl (C=O) groups is 2. The van der Waals surface area contributed by atoms with E-state index in [2.05, 4.69) is 4.98 Å². The number of piperazine rings is 1. The van der Waals surface area contributed by atoms with E-state index in [4.69, 9.17) is 0 Å². The number of nitrogens with zero attached hydrogens (tertiary/aromatic N) is 4. The van der Waals surface area contributed by atoms with Crippen LogP contribution in [0.2, 0.25) is 0 Å². The number of alkyl halides is 3. The van der Waals surface area contributed by atoms with Crippen molar-refractivity contribution in [3.8, 4) is 0 Å². The van der Waals surface area contributed by atoms with Crippen LogP contribution >= 0.6 is 0 Å². The summed E-state index contributed by atoms with van der Waals surface area (Å²) >= 11 is 0. The van der Waals surface area contributed by atoms with E-state index in [9.17, 15) is 32.3 Å². The summed E-state index contributed by atoms with van der Waals surface area (Å²) in [6.07, 6.45) is -3.97. The molecule has 1 aliphatic heterocycles. The molecule has 0 radical (unpaired) electrons. The van der Waals surface area contributed by atoms with Gasteiger partial charge in [0.15, 0.2) is 5.82 Å². The third-order valence-electron chi connectivity index (χ3n) is 5.08. The van der Waals surface area contributed by atoms with E-state index >= 15 is 0 Å². The van der Waals surface area contributed by atoms with Crippen LogP contribution in [-0.2, 0) is 17.4 Å². The molecule has 1 aromatic heterocycles. The Bertz CT molecular complexity index is 921. The molecule has 0 bridgehead atoms. The fraction of sp³-hybridized carbons (Fsp3) is 0.421. The maximum atomic E-state index is 13.6. The quantitative estimate of drug-likeness (QED) is 0.752. The van der Waals surface area contributed by atoms with Crippen molar-refractivity contribution in [1.82, 2.24) is 19.4 Å². The number of amides is 2. The highest BCUT2D eigenvalue weighted by Crippen LogP contribution is 2.41. The lowest BCUT2D eigenvalue weighted by Gasteiger charge is -2.37. The summed E-state index contributed by atoms with van der Waals surface area (Å²) in [4.78, 5) is 31.2. The molecule has 2 heterocycles. The van der Waals surface area contributed by atoms with E-state index in [1.54, 1.807) is 0 Å².